The van der Waals surface area contributed by atoms with Crippen LogP contribution < -0.4 is 9.47 Å². The highest BCUT2D eigenvalue weighted by atomic mass is 16.5. The Morgan fingerprint density at radius 1 is 0.941 bits per heavy atom. The van der Waals surface area contributed by atoms with Crippen LogP contribution in [-0.4, -0.2) is 19.3 Å². The Balaban J connectivity index is 2.72. The van der Waals surface area contributed by atoms with E-state index in [-0.39, 0.29) is 0 Å². The van der Waals surface area contributed by atoms with Gasteiger partial charge in [-0.15, -0.1) is 0 Å². The molecule has 17 heavy (non-hydrogen) atoms. The summed E-state index contributed by atoms with van der Waals surface area (Å²) in [7, 11) is 3.28. The van der Waals surface area contributed by atoms with Gasteiger partial charge in [0.15, 0.2) is 0 Å². The average molecular weight is 232 g/mol. The highest BCUT2D eigenvalue weighted by molar-refractivity contribution is 5.93. The summed E-state index contributed by atoms with van der Waals surface area (Å²) in [5.41, 5.74) is 0.865. The minimum atomic E-state index is -0.490. The second kappa shape index (κ2) is 4.63. The van der Waals surface area contributed by atoms with Crippen molar-refractivity contribution in [1.29, 1.82) is 0 Å². The lowest BCUT2D eigenvalue weighted by atomic mass is 10.0. The van der Waals surface area contributed by atoms with Gasteiger partial charge in [0.1, 0.15) is 11.5 Å². The van der Waals surface area contributed by atoms with Crippen LogP contribution in [0.5, 0.6) is 11.5 Å². The van der Waals surface area contributed by atoms with E-state index in [4.69, 9.17) is 9.47 Å². The average Bonchev–Trinajstić information content (AvgIpc) is 2.36. The van der Waals surface area contributed by atoms with Crippen molar-refractivity contribution >= 4 is 10.8 Å². The molecule has 1 atom stereocenters. The molecule has 0 unspecified atom stereocenters. The van der Waals surface area contributed by atoms with Crippen LogP contribution in [0.25, 0.3) is 10.8 Å². The number of methoxy groups -OCH3 is 2. The van der Waals surface area contributed by atoms with E-state index in [1.165, 1.54) is 0 Å². The maximum atomic E-state index is 9.60. The molecule has 2 aromatic rings. The van der Waals surface area contributed by atoms with E-state index < -0.39 is 6.10 Å². The highest BCUT2D eigenvalue weighted by Crippen LogP contribution is 2.34. The zero-order valence-corrected chi connectivity index (χ0v) is 10.2. The Labute approximate surface area is 101 Å². The number of rotatable bonds is 3. The first-order valence-corrected chi connectivity index (χ1v) is 5.50. The predicted molar refractivity (Wildman–Crippen MR) is 67.7 cm³/mol. The Bertz CT molecular complexity index is 532. The lowest BCUT2D eigenvalue weighted by Gasteiger charge is -2.12. The standard InChI is InChI=1S/C14H16O3/c1-9(15)10-4-5-11-12(8-10)14(17-3)7-6-13(11)16-2/h4-9,15H,1-3H3/t9-/m1/s1. The van der Waals surface area contributed by atoms with Crippen LogP contribution >= 0.6 is 0 Å². The summed E-state index contributed by atoms with van der Waals surface area (Å²) < 4.78 is 10.6. The van der Waals surface area contributed by atoms with Crippen LogP contribution in [-0.2, 0) is 0 Å². The Hall–Kier alpha value is -1.74. The van der Waals surface area contributed by atoms with E-state index in [1.807, 2.05) is 30.3 Å². The molecule has 0 saturated carbocycles. The largest absolute Gasteiger partial charge is 0.496 e. The number of benzene rings is 2. The van der Waals surface area contributed by atoms with Crippen molar-refractivity contribution in [2.75, 3.05) is 14.2 Å². The number of aliphatic hydroxyl groups excluding tert-OH is 1. The van der Waals surface area contributed by atoms with Crippen molar-refractivity contribution < 1.29 is 14.6 Å². The van der Waals surface area contributed by atoms with Crippen LogP contribution in [0.1, 0.15) is 18.6 Å². The predicted octanol–water partition coefficient (Wildman–Crippen LogP) is 2.91. The third-order valence-corrected chi connectivity index (χ3v) is 2.88. The van der Waals surface area contributed by atoms with Crippen LogP contribution in [0, 0.1) is 0 Å². The van der Waals surface area contributed by atoms with Gasteiger partial charge in [-0.3, -0.25) is 0 Å². The molecule has 0 bridgehead atoms. The summed E-state index contributed by atoms with van der Waals surface area (Å²) in [5, 5.41) is 11.5. The van der Waals surface area contributed by atoms with E-state index in [9.17, 15) is 5.11 Å². The van der Waals surface area contributed by atoms with Crippen LogP contribution in [0.15, 0.2) is 30.3 Å². The summed E-state index contributed by atoms with van der Waals surface area (Å²) in [6.45, 7) is 1.74. The topological polar surface area (TPSA) is 38.7 Å². The summed E-state index contributed by atoms with van der Waals surface area (Å²) in [4.78, 5) is 0. The van der Waals surface area contributed by atoms with Crippen molar-refractivity contribution in [1.82, 2.24) is 0 Å². The van der Waals surface area contributed by atoms with Gasteiger partial charge < -0.3 is 14.6 Å². The van der Waals surface area contributed by atoms with Crippen molar-refractivity contribution in [2.24, 2.45) is 0 Å². The molecule has 0 saturated heterocycles. The maximum absolute atomic E-state index is 9.60. The van der Waals surface area contributed by atoms with Crippen molar-refractivity contribution in [3.63, 3.8) is 0 Å². The van der Waals surface area contributed by atoms with Gasteiger partial charge in [-0.25, -0.2) is 0 Å². The molecule has 0 aliphatic heterocycles. The van der Waals surface area contributed by atoms with Crippen LogP contribution in [0.3, 0.4) is 0 Å². The van der Waals surface area contributed by atoms with Gasteiger partial charge in [-0.05, 0) is 30.7 Å². The molecule has 2 rings (SSSR count). The molecule has 0 aromatic heterocycles. The van der Waals surface area contributed by atoms with E-state index >= 15 is 0 Å². The molecular weight excluding hydrogens is 216 g/mol. The normalized spacial score (nSPS) is 12.5. The summed E-state index contributed by atoms with van der Waals surface area (Å²) in [6, 6.07) is 9.52. The number of fused-ring (bicyclic) bond motifs is 1. The van der Waals surface area contributed by atoms with E-state index in [2.05, 4.69) is 0 Å². The van der Waals surface area contributed by atoms with Crippen molar-refractivity contribution in [2.45, 2.75) is 13.0 Å². The fourth-order valence-electron chi connectivity index (χ4n) is 1.93. The Morgan fingerprint density at radius 2 is 1.53 bits per heavy atom. The van der Waals surface area contributed by atoms with Gasteiger partial charge >= 0.3 is 0 Å². The minimum absolute atomic E-state index is 0.490. The van der Waals surface area contributed by atoms with Gasteiger partial charge in [0.05, 0.1) is 20.3 Å². The van der Waals surface area contributed by atoms with Crippen LogP contribution in [0.4, 0.5) is 0 Å². The number of aliphatic hydroxyl groups is 1. The zero-order valence-electron chi connectivity index (χ0n) is 10.2. The summed E-state index contributed by atoms with van der Waals surface area (Å²) in [5.74, 6) is 1.58. The number of hydrogen-bond acceptors (Lipinski definition) is 3. The molecule has 2 aromatic carbocycles. The molecule has 0 amide bonds. The molecule has 0 aliphatic carbocycles. The van der Waals surface area contributed by atoms with Gasteiger partial charge in [-0.2, -0.15) is 0 Å². The fraction of sp³-hybridized carbons (Fsp3) is 0.286. The fourth-order valence-corrected chi connectivity index (χ4v) is 1.93. The quantitative estimate of drug-likeness (QED) is 0.884. The summed E-state index contributed by atoms with van der Waals surface area (Å²) >= 11 is 0. The second-order valence-electron chi connectivity index (χ2n) is 3.95. The minimum Gasteiger partial charge on any atom is -0.496 e. The van der Waals surface area contributed by atoms with Crippen molar-refractivity contribution in [3.05, 3.63) is 35.9 Å². The molecule has 0 heterocycles. The SMILES string of the molecule is COc1ccc(OC)c2cc([C@@H](C)O)ccc12. The molecular formula is C14H16O3. The first-order chi connectivity index (χ1) is 8.17. The monoisotopic (exact) mass is 232 g/mol. The second-order valence-corrected chi connectivity index (χ2v) is 3.95. The molecule has 1 N–H and O–H groups in total. The van der Waals surface area contributed by atoms with Gasteiger partial charge in [0, 0.05) is 10.8 Å². The maximum Gasteiger partial charge on any atom is 0.126 e. The lowest BCUT2D eigenvalue weighted by Crippen LogP contribution is -1.93. The van der Waals surface area contributed by atoms with E-state index in [1.54, 1.807) is 21.1 Å². The molecule has 0 radical (unpaired) electrons. The zero-order chi connectivity index (χ0) is 12.4. The van der Waals surface area contributed by atoms with Crippen molar-refractivity contribution in [3.8, 4) is 11.5 Å². The van der Waals surface area contributed by atoms with Crippen LogP contribution in [0.2, 0.25) is 0 Å². The Kier molecular flexibility index (Phi) is 3.20. The third kappa shape index (κ3) is 2.06. The van der Waals surface area contributed by atoms with Gasteiger partial charge in [0.25, 0.3) is 0 Å². The summed E-state index contributed by atoms with van der Waals surface area (Å²) in [6.07, 6.45) is -0.490. The smallest absolute Gasteiger partial charge is 0.126 e. The van der Waals surface area contributed by atoms with Gasteiger partial charge in [-0.1, -0.05) is 12.1 Å². The Morgan fingerprint density at radius 3 is 2.06 bits per heavy atom. The number of hydrogen-bond donors (Lipinski definition) is 1. The molecule has 0 spiro atoms. The lowest BCUT2D eigenvalue weighted by molar-refractivity contribution is 0.199. The first-order valence-electron chi connectivity index (χ1n) is 5.50. The molecule has 0 aliphatic rings. The molecule has 3 heteroatoms. The van der Waals surface area contributed by atoms with Gasteiger partial charge in [0.2, 0.25) is 0 Å². The van der Waals surface area contributed by atoms with E-state index in [0.29, 0.717) is 0 Å². The number of ether oxygens (including phenoxy) is 2. The highest BCUT2D eigenvalue weighted by Gasteiger charge is 2.09. The van der Waals surface area contributed by atoms with E-state index in [0.717, 1.165) is 27.8 Å². The molecule has 0 fully saturated rings. The molecule has 3 nitrogen and oxygen atoms in total. The first kappa shape index (κ1) is 11.7. The molecule has 90 valence electrons. The third-order valence-electron chi connectivity index (χ3n) is 2.88.